The molecule has 5 heterocycles. The van der Waals surface area contributed by atoms with E-state index in [1.165, 1.54) is 0 Å². The maximum absolute atomic E-state index is 13.1. The zero-order valence-corrected chi connectivity index (χ0v) is 16.6. The number of carbonyl (C=O) groups is 1. The molecule has 8 nitrogen and oxygen atoms in total. The Morgan fingerprint density at radius 2 is 1.87 bits per heavy atom. The predicted octanol–water partition coefficient (Wildman–Crippen LogP) is 2.91. The highest BCUT2D eigenvalue weighted by molar-refractivity contribution is 5.99. The average molecular weight is 399 g/mol. The molecule has 0 aromatic carbocycles. The van der Waals surface area contributed by atoms with Gasteiger partial charge in [0.25, 0.3) is 5.91 Å². The Kier molecular flexibility index (Phi) is 4.66. The van der Waals surface area contributed by atoms with Crippen molar-refractivity contribution >= 4 is 11.6 Å². The first-order chi connectivity index (χ1) is 14.7. The molecule has 1 amide bonds. The molecule has 1 fully saturated rings. The van der Waals surface area contributed by atoms with Crippen LogP contribution in [0.4, 0.5) is 0 Å². The summed E-state index contributed by atoms with van der Waals surface area (Å²) >= 11 is 0. The topological polar surface area (TPSA) is 89.2 Å². The quantitative estimate of drug-likeness (QED) is 0.526. The molecule has 0 bridgehead atoms. The Morgan fingerprint density at radius 3 is 2.67 bits per heavy atom. The largest absolute Gasteiger partial charge is 0.338 e. The molecule has 0 spiro atoms. The molecular weight excluding hydrogens is 378 g/mol. The number of fused-ring (bicyclic) bond motifs is 1. The van der Waals surface area contributed by atoms with E-state index in [1.54, 1.807) is 41.6 Å². The van der Waals surface area contributed by atoms with Crippen LogP contribution in [0.3, 0.4) is 0 Å². The van der Waals surface area contributed by atoms with Gasteiger partial charge in [-0.15, -0.1) is 0 Å². The number of nitrogens with zero attached hydrogens (tertiary/aromatic N) is 7. The molecule has 0 unspecified atom stereocenters. The van der Waals surface area contributed by atoms with E-state index in [9.17, 15) is 4.79 Å². The molecule has 30 heavy (non-hydrogen) atoms. The van der Waals surface area contributed by atoms with Crippen molar-refractivity contribution < 1.29 is 4.79 Å². The molecule has 0 aliphatic carbocycles. The van der Waals surface area contributed by atoms with Crippen LogP contribution in [0.2, 0.25) is 0 Å². The van der Waals surface area contributed by atoms with Gasteiger partial charge in [0.2, 0.25) is 0 Å². The summed E-state index contributed by atoms with van der Waals surface area (Å²) in [6.07, 6.45) is 12.2. The van der Waals surface area contributed by atoms with E-state index in [-0.39, 0.29) is 11.8 Å². The molecule has 150 valence electrons. The van der Waals surface area contributed by atoms with Gasteiger partial charge in [-0.2, -0.15) is 5.10 Å². The maximum atomic E-state index is 13.1. The average Bonchev–Trinajstić information content (AvgIpc) is 3.23. The number of likely N-dealkylation sites (tertiary alicyclic amines) is 1. The van der Waals surface area contributed by atoms with Gasteiger partial charge in [0.1, 0.15) is 11.4 Å². The maximum Gasteiger partial charge on any atom is 0.259 e. The number of aryl methyl sites for hydroxylation is 1. The number of piperidine rings is 1. The highest BCUT2D eigenvalue weighted by Gasteiger charge is 2.29. The predicted molar refractivity (Wildman–Crippen MR) is 111 cm³/mol. The number of amides is 1. The van der Waals surface area contributed by atoms with Crippen molar-refractivity contribution in [3.8, 4) is 11.1 Å². The zero-order valence-electron chi connectivity index (χ0n) is 16.6. The molecule has 8 heteroatoms. The fourth-order valence-corrected chi connectivity index (χ4v) is 4.06. The van der Waals surface area contributed by atoms with Crippen LogP contribution in [0.25, 0.3) is 16.8 Å². The second-order valence-electron chi connectivity index (χ2n) is 7.46. The third-order valence-electron chi connectivity index (χ3n) is 5.61. The molecule has 0 saturated carbocycles. The van der Waals surface area contributed by atoms with Gasteiger partial charge < -0.3 is 4.90 Å². The van der Waals surface area contributed by atoms with E-state index < -0.39 is 0 Å². The minimum atomic E-state index is -0.0182. The van der Waals surface area contributed by atoms with Gasteiger partial charge in [-0.3, -0.25) is 9.78 Å². The Morgan fingerprint density at radius 1 is 1.07 bits per heavy atom. The van der Waals surface area contributed by atoms with Gasteiger partial charge >= 0.3 is 0 Å². The standard InChI is InChI=1S/C22H21N7O/c1-15-25-13-18(16-3-8-23-9-4-16)20(27-15)17-5-11-28(12-6-17)22(30)19-14-26-29-10-2-7-24-21(19)29/h2-4,7-10,13-14,17H,5-6,11-12H2,1H3. The van der Waals surface area contributed by atoms with Gasteiger partial charge in [-0.25, -0.2) is 19.5 Å². The molecule has 5 rings (SSSR count). The zero-order chi connectivity index (χ0) is 20.5. The Balaban J connectivity index is 1.37. The summed E-state index contributed by atoms with van der Waals surface area (Å²) in [5.74, 6) is 1.02. The Bertz CT molecular complexity index is 1200. The smallest absolute Gasteiger partial charge is 0.259 e. The second-order valence-corrected chi connectivity index (χ2v) is 7.46. The van der Waals surface area contributed by atoms with E-state index in [1.807, 2.05) is 30.2 Å². The van der Waals surface area contributed by atoms with Crippen molar-refractivity contribution in [1.29, 1.82) is 0 Å². The van der Waals surface area contributed by atoms with Crippen molar-refractivity contribution in [2.24, 2.45) is 0 Å². The molecule has 4 aromatic heterocycles. The summed E-state index contributed by atoms with van der Waals surface area (Å²) in [5.41, 5.74) is 4.30. The lowest BCUT2D eigenvalue weighted by Crippen LogP contribution is -2.38. The summed E-state index contributed by atoms with van der Waals surface area (Å²) in [6, 6.07) is 5.76. The molecule has 1 saturated heterocycles. The van der Waals surface area contributed by atoms with Crippen molar-refractivity contribution in [1.82, 2.24) is 34.4 Å². The van der Waals surface area contributed by atoms with Crippen molar-refractivity contribution in [2.75, 3.05) is 13.1 Å². The van der Waals surface area contributed by atoms with Crippen LogP contribution >= 0.6 is 0 Å². The van der Waals surface area contributed by atoms with Gasteiger partial charge in [0, 0.05) is 55.6 Å². The van der Waals surface area contributed by atoms with E-state index in [2.05, 4.69) is 20.1 Å². The number of hydrogen-bond donors (Lipinski definition) is 0. The Labute approximate surface area is 173 Å². The summed E-state index contributed by atoms with van der Waals surface area (Å²) in [5, 5.41) is 4.24. The van der Waals surface area contributed by atoms with E-state index in [4.69, 9.17) is 4.98 Å². The lowest BCUT2D eigenvalue weighted by molar-refractivity contribution is 0.0714. The first-order valence-corrected chi connectivity index (χ1v) is 10.0. The third-order valence-corrected chi connectivity index (χ3v) is 5.61. The first-order valence-electron chi connectivity index (χ1n) is 10.0. The van der Waals surface area contributed by atoms with Crippen molar-refractivity contribution in [3.05, 3.63) is 72.5 Å². The summed E-state index contributed by atoms with van der Waals surface area (Å²) in [6.45, 7) is 3.26. The Hall–Kier alpha value is -3.68. The van der Waals surface area contributed by atoms with Crippen LogP contribution in [0.15, 0.2) is 55.4 Å². The summed E-state index contributed by atoms with van der Waals surface area (Å²) < 4.78 is 1.63. The molecule has 1 aliphatic rings. The van der Waals surface area contributed by atoms with Gasteiger partial charge in [0.05, 0.1) is 11.9 Å². The second kappa shape index (κ2) is 7.62. The van der Waals surface area contributed by atoms with E-state index >= 15 is 0 Å². The number of hydrogen-bond acceptors (Lipinski definition) is 6. The van der Waals surface area contributed by atoms with Crippen LogP contribution in [0.1, 0.15) is 40.6 Å². The first kappa shape index (κ1) is 18.4. The fraction of sp³-hybridized carbons (Fsp3) is 0.273. The van der Waals surface area contributed by atoms with E-state index in [0.717, 1.165) is 35.5 Å². The number of rotatable bonds is 3. The highest BCUT2D eigenvalue weighted by Crippen LogP contribution is 2.34. The molecule has 0 N–H and O–H groups in total. The molecule has 0 atom stereocenters. The minimum absolute atomic E-state index is 0.0182. The molecule has 1 aliphatic heterocycles. The van der Waals surface area contributed by atoms with Crippen LogP contribution in [0.5, 0.6) is 0 Å². The highest BCUT2D eigenvalue weighted by atomic mass is 16.2. The fourth-order valence-electron chi connectivity index (χ4n) is 4.06. The third kappa shape index (κ3) is 3.30. The van der Waals surface area contributed by atoms with Gasteiger partial charge in [0.15, 0.2) is 5.65 Å². The minimum Gasteiger partial charge on any atom is -0.338 e. The summed E-state index contributed by atoms with van der Waals surface area (Å²) in [7, 11) is 0. The van der Waals surface area contributed by atoms with Crippen LogP contribution < -0.4 is 0 Å². The molecule has 0 radical (unpaired) electrons. The lowest BCUT2D eigenvalue weighted by Gasteiger charge is -2.32. The normalized spacial score (nSPS) is 14.9. The van der Waals surface area contributed by atoms with Crippen LogP contribution in [-0.2, 0) is 0 Å². The molecule has 4 aromatic rings. The van der Waals surface area contributed by atoms with Gasteiger partial charge in [-0.1, -0.05) is 0 Å². The van der Waals surface area contributed by atoms with E-state index in [0.29, 0.717) is 24.3 Å². The van der Waals surface area contributed by atoms with Crippen LogP contribution in [0, 0.1) is 6.92 Å². The van der Waals surface area contributed by atoms with Gasteiger partial charge in [-0.05, 0) is 43.5 Å². The lowest BCUT2D eigenvalue weighted by atomic mass is 9.89. The monoisotopic (exact) mass is 399 g/mol. The SMILES string of the molecule is Cc1ncc(-c2ccncc2)c(C2CCN(C(=O)c3cnn4cccnc34)CC2)n1. The van der Waals surface area contributed by atoms with Crippen molar-refractivity contribution in [3.63, 3.8) is 0 Å². The summed E-state index contributed by atoms with van der Waals surface area (Å²) in [4.78, 5) is 32.5. The molecular formula is C22H21N7O. The number of aromatic nitrogens is 6. The number of pyridine rings is 1. The van der Waals surface area contributed by atoms with Crippen LogP contribution in [-0.4, -0.2) is 53.4 Å². The van der Waals surface area contributed by atoms with Crippen molar-refractivity contribution in [2.45, 2.75) is 25.7 Å². The number of carbonyl (C=O) groups excluding carboxylic acids is 1.